The van der Waals surface area contributed by atoms with Gasteiger partial charge < -0.3 is 24.4 Å². The van der Waals surface area contributed by atoms with Crippen LogP contribution in [0.4, 0.5) is 11.4 Å². The molecular weight excluding hydrogens is 633 g/mol. The molecule has 1 aliphatic heterocycles. The van der Waals surface area contributed by atoms with Gasteiger partial charge in [0.15, 0.2) is 0 Å². The second-order valence-electron chi connectivity index (χ2n) is 11.4. The van der Waals surface area contributed by atoms with Crippen LogP contribution in [0.1, 0.15) is 50.8 Å². The van der Waals surface area contributed by atoms with E-state index in [0.717, 1.165) is 34.1 Å². The van der Waals surface area contributed by atoms with Crippen molar-refractivity contribution in [3.63, 3.8) is 0 Å². The highest BCUT2D eigenvalue weighted by molar-refractivity contribution is 7.17. The third kappa shape index (κ3) is 7.35. The van der Waals surface area contributed by atoms with E-state index in [4.69, 9.17) is 4.74 Å². The predicted octanol–water partition coefficient (Wildman–Crippen LogP) is 6.16. The third-order valence-electron chi connectivity index (χ3n) is 8.18. The molecule has 0 saturated carbocycles. The first kappa shape index (κ1) is 36.0. The van der Waals surface area contributed by atoms with E-state index >= 15 is 0 Å². The number of thiophene rings is 1. The summed E-state index contributed by atoms with van der Waals surface area (Å²) in [6.07, 6.45) is 7.03. The monoisotopic (exact) mass is 673 g/mol. The third-order valence-corrected chi connectivity index (χ3v) is 9.08. The number of hydrogen-bond donors (Lipinski definition) is 1. The summed E-state index contributed by atoms with van der Waals surface area (Å²) in [6.45, 7) is 9.55. The molecule has 0 saturated heterocycles. The number of amides is 2. The Bertz CT molecular complexity index is 1690. The van der Waals surface area contributed by atoms with Gasteiger partial charge in [0.1, 0.15) is 11.2 Å². The number of aryl methyl sites for hydroxylation is 2. The zero-order valence-electron chi connectivity index (χ0n) is 26.2. The molecule has 3 aromatic heterocycles. The maximum atomic E-state index is 13.1. The maximum Gasteiger partial charge on any atom is 0.268 e. The molecule has 1 N–H and O–H groups in total. The quantitative estimate of drug-likeness (QED) is 0.151. The Morgan fingerprint density at radius 3 is 2.47 bits per heavy atom. The topological polar surface area (TPSA) is 96.8 Å². The molecule has 9 nitrogen and oxygen atoms in total. The fourth-order valence-corrected chi connectivity index (χ4v) is 6.62. The number of carbonyl (C=O) groups excluding carboxylic acids is 2. The summed E-state index contributed by atoms with van der Waals surface area (Å²) in [6, 6.07) is 11.6. The fourth-order valence-electron chi connectivity index (χ4n) is 5.70. The van der Waals surface area contributed by atoms with Crippen LogP contribution in [0.15, 0.2) is 65.2 Å². The summed E-state index contributed by atoms with van der Waals surface area (Å²) in [5.74, 6) is 0.193. The standard InChI is InChI=1S/C33H39N5O4S.2ClH/c1-6-38-27-9-8-24(20-28(27)36(5)31(40)33(3,4)32(38)41)42-18-7-14-35-26(23-10-15-34-16-11-23)12-17-37-21-22(2)25-13-19-43-29(25)30(37)39;;/h8-11,13,15-16,19-21,26,35H,6-7,12,14,17-18H2,1-5H3;2*1H. The van der Waals surface area contributed by atoms with Crippen molar-refractivity contribution in [3.05, 3.63) is 81.8 Å². The number of hydrogen-bond acceptors (Lipinski definition) is 7. The molecule has 12 heteroatoms. The van der Waals surface area contributed by atoms with Crippen molar-refractivity contribution >= 4 is 69.4 Å². The highest BCUT2D eigenvalue weighted by Gasteiger charge is 2.45. The van der Waals surface area contributed by atoms with Crippen LogP contribution in [0.5, 0.6) is 5.75 Å². The maximum absolute atomic E-state index is 13.1. The summed E-state index contributed by atoms with van der Waals surface area (Å²) in [5, 5.41) is 6.64. The van der Waals surface area contributed by atoms with Crippen LogP contribution in [-0.4, -0.2) is 48.1 Å². The van der Waals surface area contributed by atoms with Gasteiger partial charge in [-0.05, 0) is 93.9 Å². The number of benzene rings is 1. The summed E-state index contributed by atoms with van der Waals surface area (Å²) in [5.41, 5.74) is 2.49. The first-order chi connectivity index (χ1) is 20.6. The van der Waals surface area contributed by atoms with Crippen LogP contribution in [0.2, 0.25) is 0 Å². The van der Waals surface area contributed by atoms with E-state index < -0.39 is 5.41 Å². The SMILES string of the molecule is CCN1C(=O)C(C)(C)C(=O)N(C)c2cc(OCCCNC(CCn3cc(C)c4ccsc4c3=O)c3ccncc3)ccc21.Cl.Cl. The number of anilines is 2. The van der Waals surface area contributed by atoms with Crippen LogP contribution >= 0.6 is 36.2 Å². The number of pyridine rings is 2. The van der Waals surface area contributed by atoms with Crippen molar-refractivity contribution in [1.29, 1.82) is 0 Å². The van der Waals surface area contributed by atoms with E-state index in [1.54, 1.807) is 43.1 Å². The van der Waals surface area contributed by atoms with E-state index in [0.29, 0.717) is 43.4 Å². The van der Waals surface area contributed by atoms with E-state index in [-0.39, 0.29) is 48.2 Å². The van der Waals surface area contributed by atoms with E-state index in [1.165, 1.54) is 11.3 Å². The minimum absolute atomic E-state index is 0. The van der Waals surface area contributed by atoms with Crippen molar-refractivity contribution in [3.8, 4) is 5.75 Å². The average Bonchev–Trinajstić information content (AvgIpc) is 3.51. The molecule has 2 amide bonds. The van der Waals surface area contributed by atoms with E-state index in [9.17, 15) is 14.4 Å². The lowest BCUT2D eigenvalue weighted by Gasteiger charge is -2.27. The number of ether oxygens (including phenoxy) is 1. The molecule has 1 atom stereocenters. The van der Waals surface area contributed by atoms with Gasteiger partial charge >= 0.3 is 0 Å². The van der Waals surface area contributed by atoms with Crippen molar-refractivity contribution in [1.82, 2.24) is 14.9 Å². The summed E-state index contributed by atoms with van der Waals surface area (Å²) in [4.78, 5) is 46.7. The molecule has 45 heavy (non-hydrogen) atoms. The molecule has 1 aromatic carbocycles. The van der Waals surface area contributed by atoms with Gasteiger partial charge in [-0.2, -0.15) is 0 Å². The lowest BCUT2D eigenvalue weighted by atomic mass is 9.90. The first-order valence-electron chi connectivity index (χ1n) is 14.7. The molecule has 0 radical (unpaired) electrons. The number of aromatic nitrogens is 2. The molecule has 4 aromatic rings. The minimum Gasteiger partial charge on any atom is -0.493 e. The Labute approximate surface area is 280 Å². The normalized spacial score (nSPS) is 14.8. The molecule has 1 aliphatic rings. The largest absolute Gasteiger partial charge is 0.493 e. The molecular formula is C33H41Cl2N5O4S. The van der Waals surface area contributed by atoms with E-state index in [1.807, 2.05) is 66.4 Å². The predicted molar refractivity (Wildman–Crippen MR) is 187 cm³/mol. The second-order valence-corrected chi connectivity index (χ2v) is 12.4. The zero-order valence-corrected chi connectivity index (χ0v) is 28.7. The molecule has 0 spiro atoms. The molecule has 4 heterocycles. The van der Waals surface area contributed by atoms with Gasteiger partial charge in [0, 0.05) is 56.2 Å². The molecule has 1 unspecified atom stereocenters. The smallest absolute Gasteiger partial charge is 0.268 e. The highest BCUT2D eigenvalue weighted by atomic mass is 35.5. The average molecular weight is 675 g/mol. The molecule has 0 bridgehead atoms. The van der Waals surface area contributed by atoms with Crippen LogP contribution < -0.4 is 25.4 Å². The fraction of sp³-hybridized carbons (Fsp3) is 0.394. The van der Waals surface area contributed by atoms with Gasteiger partial charge in [-0.15, -0.1) is 36.2 Å². The lowest BCUT2D eigenvalue weighted by Crippen LogP contribution is -2.47. The van der Waals surface area contributed by atoms with Crippen LogP contribution in [0.3, 0.4) is 0 Å². The van der Waals surface area contributed by atoms with Gasteiger partial charge in [0.05, 0.1) is 22.7 Å². The Balaban J connectivity index is 0.00000276. The van der Waals surface area contributed by atoms with Crippen molar-refractivity contribution in [2.45, 2.75) is 53.1 Å². The van der Waals surface area contributed by atoms with Gasteiger partial charge in [-0.25, -0.2) is 0 Å². The molecule has 0 fully saturated rings. The van der Waals surface area contributed by atoms with Crippen molar-refractivity contribution in [2.24, 2.45) is 5.41 Å². The van der Waals surface area contributed by atoms with Crippen molar-refractivity contribution in [2.75, 3.05) is 36.5 Å². The van der Waals surface area contributed by atoms with E-state index in [2.05, 4.69) is 10.3 Å². The summed E-state index contributed by atoms with van der Waals surface area (Å²) < 4.78 is 8.71. The number of fused-ring (bicyclic) bond motifs is 2. The van der Waals surface area contributed by atoms with Gasteiger partial charge in [0.25, 0.3) is 5.56 Å². The van der Waals surface area contributed by atoms with Gasteiger partial charge in [-0.1, -0.05) is 0 Å². The van der Waals surface area contributed by atoms with Gasteiger partial charge in [0.2, 0.25) is 11.8 Å². The number of carbonyl (C=O) groups is 2. The number of nitrogens with zero attached hydrogens (tertiary/aromatic N) is 4. The van der Waals surface area contributed by atoms with Gasteiger partial charge in [-0.3, -0.25) is 19.4 Å². The highest BCUT2D eigenvalue weighted by Crippen LogP contribution is 2.40. The molecule has 0 aliphatic carbocycles. The Kier molecular flexibility index (Phi) is 12.2. The van der Waals surface area contributed by atoms with Crippen LogP contribution in [0.25, 0.3) is 10.1 Å². The lowest BCUT2D eigenvalue weighted by molar-refractivity contribution is -0.137. The Hall–Kier alpha value is -3.44. The number of rotatable bonds is 11. The zero-order chi connectivity index (χ0) is 30.7. The summed E-state index contributed by atoms with van der Waals surface area (Å²) in [7, 11) is 1.70. The molecule has 242 valence electrons. The number of halogens is 2. The Morgan fingerprint density at radius 2 is 1.76 bits per heavy atom. The number of nitrogens with one attached hydrogen (secondary N) is 1. The minimum atomic E-state index is -1.15. The Morgan fingerprint density at radius 1 is 1.02 bits per heavy atom. The van der Waals surface area contributed by atoms with Crippen LogP contribution in [0, 0.1) is 12.3 Å². The van der Waals surface area contributed by atoms with Crippen molar-refractivity contribution < 1.29 is 14.3 Å². The van der Waals surface area contributed by atoms with Crippen LogP contribution in [-0.2, 0) is 16.1 Å². The molecule has 5 rings (SSSR count). The second kappa shape index (κ2) is 15.2. The first-order valence-corrected chi connectivity index (χ1v) is 15.6. The summed E-state index contributed by atoms with van der Waals surface area (Å²) >= 11 is 1.49.